The first kappa shape index (κ1) is 13.3. The third-order valence-corrected chi connectivity index (χ3v) is 2.98. The molecular weight excluding hydrogens is 240 g/mol. The van der Waals surface area contributed by atoms with E-state index >= 15 is 0 Å². The predicted molar refractivity (Wildman–Crippen MR) is 75.5 cm³/mol. The van der Waals surface area contributed by atoms with Gasteiger partial charge in [-0.2, -0.15) is 0 Å². The minimum absolute atomic E-state index is 0.373. The number of hydrogen-bond acceptors (Lipinski definition) is 5. The number of benzene rings is 1. The Morgan fingerprint density at radius 2 is 2.05 bits per heavy atom. The summed E-state index contributed by atoms with van der Waals surface area (Å²) >= 11 is 0. The molecule has 2 rings (SSSR count). The van der Waals surface area contributed by atoms with Gasteiger partial charge in [-0.3, -0.25) is 0 Å². The summed E-state index contributed by atoms with van der Waals surface area (Å²) < 4.78 is 5.39. The topological polar surface area (TPSA) is 59.9 Å². The first-order valence-electron chi connectivity index (χ1n) is 6.21. The van der Waals surface area contributed by atoms with Crippen LogP contribution in [0.15, 0.2) is 24.5 Å². The van der Waals surface area contributed by atoms with Gasteiger partial charge in [-0.05, 0) is 29.7 Å². The summed E-state index contributed by atoms with van der Waals surface area (Å²) in [6, 6.07) is 6.01. The first-order chi connectivity index (χ1) is 9.17. The van der Waals surface area contributed by atoms with Crippen LogP contribution in [0.4, 0.5) is 5.82 Å². The lowest BCUT2D eigenvalue weighted by Crippen LogP contribution is -2.01. The molecule has 0 saturated heterocycles. The van der Waals surface area contributed by atoms with Crippen molar-refractivity contribution in [2.24, 2.45) is 0 Å². The maximum Gasteiger partial charge on any atom is 0.156 e. The molecule has 0 aliphatic carbocycles. The zero-order chi connectivity index (χ0) is 13.8. The van der Waals surface area contributed by atoms with E-state index in [1.807, 2.05) is 19.2 Å². The second kappa shape index (κ2) is 5.65. The molecule has 5 heteroatoms. The van der Waals surface area contributed by atoms with Crippen LogP contribution >= 0.6 is 0 Å². The van der Waals surface area contributed by atoms with Crippen molar-refractivity contribution in [2.75, 3.05) is 19.5 Å². The first-order valence-corrected chi connectivity index (χ1v) is 6.21. The van der Waals surface area contributed by atoms with Crippen molar-refractivity contribution in [1.82, 2.24) is 15.2 Å². The number of nitrogens with zero attached hydrogens (tertiary/aromatic N) is 3. The molecule has 0 spiro atoms. The highest BCUT2D eigenvalue weighted by atomic mass is 16.5. The van der Waals surface area contributed by atoms with Gasteiger partial charge in [-0.15, -0.1) is 10.2 Å². The molecule has 1 aromatic heterocycles. The smallest absolute Gasteiger partial charge is 0.156 e. The van der Waals surface area contributed by atoms with Gasteiger partial charge in [0.1, 0.15) is 17.8 Å². The molecule has 0 aliphatic heterocycles. The third kappa shape index (κ3) is 2.65. The normalized spacial score (nSPS) is 10.6. The Morgan fingerprint density at radius 1 is 1.26 bits per heavy atom. The summed E-state index contributed by atoms with van der Waals surface area (Å²) in [7, 11) is 3.50. The molecule has 19 heavy (non-hydrogen) atoms. The van der Waals surface area contributed by atoms with E-state index in [1.54, 1.807) is 7.11 Å². The SMILES string of the molecule is CNc1ncnnc1-c1ccc(OC)c(C(C)C)c1. The number of ether oxygens (including phenoxy) is 1. The van der Waals surface area contributed by atoms with Crippen LogP contribution in [-0.4, -0.2) is 29.3 Å². The molecule has 100 valence electrons. The average Bonchev–Trinajstić information content (AvgIpc) is 2.46. The van der Waals surface area contributed by atoms with Crippen molar-refractivity contribution >= 4 is 5.82 Å². The Balaban J connectivity index is 2.54. The van der Waals surface area contributed by atoms with Gasteiger partial charge in [0.25, 0.3) is 0 Å². The van der Waals surface area contributed by atoms with Crippen LogP contribution in [0, 0.1) is 0 Å². The minimum atomic E-state index is 0.373. The summed E-state index contributed by atoms with van der Waals surface area (Å²) in [6.07, 6.45) is 1.43. The molecule has 0 unspecified atom stereocenters. The van der Waals surface area contributed by atoms with Gasteiger partial charge in [-0.1, -0.05) is 13.8 Å². The Kier molecular flexibility index (Phi) is 3.94. The van der Waals surface area contributed by atoms with Crippen LogP contribution in [0.25, 0.3) is 11.3 Å². The number of aromatic nitrogens is 3. The van der Waals surface area contributed by atoms with E-state index < -0.39 is 0 Å². The molecule has 0 bridgehead atoms. The summed E-state index contributed by atoms with van der Waals surface area (Å²) in [6.45, 7) is 4.27. The van der Waals surface area contributed by atoms with Crippen molar-refractivity contribution in [3.63, 3.8) is 0 Å². The lowest BCUT2D eigenvalue weighted by molar-refractivity contribution is 0.407. The molecule has 1 heterocycles. The second-order valence-corrected chi connectivity index (χ2v) is 4.52. The lowest BCUT2D eigenvalue weighted by Gasteiger charge is -2.14. The fourth-order valence-electron chi connectivity index (χ4n) is 1.99. The van der Waals surface area contributed by atoms with Crippen LogP contribution < -0.4 is 10.1 Å². The van der Waals surface area contributed by atoms with Crippen molar-refractivity contribution in [3.8, 4) is 17.0 Å². The standard InChI is InChI=1S/C14H18N4O/c1-9(2)11-7-10(5-6-12(11)19-4)13-14(15-3)16-8-17-18-13/h5-9H,1-4H3,(H,15,16,17). The van der Waals surface area contributed by atoms with Gasteiger partial charge in [0, 0.05) is 12.6 Å². The summed E-state index contributed by atoms with van der Waals surface area (Å²) in [4.78, 5) is 4.17. The zero-order valence-electron chi connectivity index (χ0n) is 11.6. The van der Waals surface area contributed by atoms with E-state index in [0.29, 0.717) is 5.92 Å². The molecule has 0 radical (unpaired) electrons. The van der Waals surface area contributed by atoms with Gasteiger partial charge >= 0.3 is 0 Å². The maximum absolute atomic E-state index is 5.39. The summed E-state index contributed by atoms with van der Waals surface area (Å²) in [5.41, 5.74) is 2.87. The van der Waals surface area contributed by atoms with E-state index in [2.05, 4.69) is 40.4 Å². The second-order valence-electron chi connectivity index (χ2n) is 4.52. The van der Waals surface area contributed by atoms with Crippen molar-refractivity contribution < 1.29 is 4.74 Å². The number of hydrogen-bond donors (Lipinski definition) is 1. The third-order valence-electron chi connectivity index (χ3n) is 2.98. The Bertz CT molecular complexity index is 569. The Morgan fingerprint density at radius 3 is 2.68 bits per heavy atom. The van der Waals surface area contributed by atoms with Crippen molar-refractivity contribution in [2.45, 2.75) is 19.8 Å². The highest BCUT2D eigenvalue weighted by Crippen LogP contribution is 2.32. The van der Waals surface area contributed by atoms with Gasteiger partial charge in [0.2, 0.25) is 0 Å². The van der Waals surface area contributed by atoms with Gasteiger partial charge in [0.15, 0.2) is 5.82 Å². The van der Waals surface area contributed by atoms with Gasteiger partial charge < -0.3 is 10.1 Å². The predicted octanol–water partition coefficient (Wildman–Crippen LogP) is 2.71. The molecule has 0 aliphatic rings. The average molecular weight is 258 g/mol. The molecule has 0 saturated carbocycles. The van der Waals surface area contributed by atoms with Gasteiger partial charge in [-0.25, -0.2) is 4.98 Å². The highest BCUT2D eigenvalue weighted by Gasteiger charge is 2.13. The highest BCUT2D eigenvalue weighted by molar-refractivity contribution is 5.72. The molecule has 5 nitrogen and oxygen atoms in total. The van der Waals surface area contributed by atoms with Crippen LogP contribution in [0.2, 0.25) is 0 Å². The Labute approximate surface area is 113 Å². The molecule has 0 amide bonds. The fourth-order valence-corrected chi connectivity index (χ4v) is 1.99. The van der Waals surface area contributed by atoms with Crippen LogP contribution in [-0.2, 0) is 0 Å². The number of methoxy groups -OCH3 is 1. The van der Waals surface area contributed by atoms with E-state index in [4.69, 9.17) is 4.74 Å². The largest absolute Gasteiger partial charge is 0.496 e. The monoisotopic (exact) mass is 258 g/mol. The summed E-state index contributed by atoms with van der Waals surface area (Å²) in [5, 5.41) is 11.0. The van der Waals surface area contributed by atoms with E-state index in [9.17, 15) is 0 Å². The zero-order valence-corrected chi connectivity index (χ0v) is 11.6. The van der Waals surface area contributed by atoms with Gasteiger partial charge in [0.05, 0.1) is 7.11 Å². The van der Waals surface area contributed by atoms with E-state index in [1.165, 1.54) is 6.33 Å². The molecular formula is C14H18N4O. The van der Waals surface area contributed by atoms with E-state index in [0.717, 1.165) is 28.4 Å². The fraction of sp³-hybridized carbons (Fsp3) is 0.357. The molecule has 2 aromatic rings. The van der Waals surface area contributed by atoms with Crippen LogP contribution in [0.3, 0.4) is 0 Å². The molecule has 0 fully saturated rings. The number of nitrogens with one attached hydrogen (secondary N) is 1. The van der Waals surface area contributed by atoms with Crippen LogP contribution in [0.1, 0.15) is 25.3 Å². The molecule has 1 aromatic carbocycles. The molecule has 1 N–H and O–H groups in total. The maximum atomic E-state index is 5.39. The van der Waals surface area contributed by atoms with Crippen molar-refractivity contribution in [1.29, 1.82) is 0 Å². The Hall–Kier alpha value is -2.17. The number of anilines is 1. The quantitative estimate of drug-likeness (QED) is 0.913. The lowest BCUT2D eigenvalue weighted by atomic mass is 9.98. The van der Waals surface area contributed by atoms with E-state index in [-0.39, 0.29) is 0 Å². The molecule has 0 atom stereocenters. The number of rotatable bonds is 4. The van der Waals surface area contributed by atoms with Crippen molar-refractivity contribution in [3.05, 3.63) is 30.1 Å². The summed E-state index contributed by atoms with van der Waals surface area (Å²) in [5.74, 6) is 1.98. The van der Waals surface area contributed by atoms with Crippen LogP contribution in [0.5, 0.6) is 5.75 Å². The minimum Gasteiger partial charge on any atom is -0.496 e.